The molecule has 0 aliphatic heterocycles. The van der Waals surface area contributed by atoms with Crippen molar-refractivity contribution in [2.75, 3.05) is 26.0 Å². The Morgan fingerprint density at radius 3 is 2.54 bits per heavy atom. The van der Waals surface area contributed by atoms with Crippen molar-refractivity contribution in [2.45, 2.75) is 11.3 Å². The van der Waals surface area contributed by atoms with E-state index in [1.807, 2.05) is 6.07 Å². The maximum atomic E-state index is 12.2. The molecule has 2 aromatic carbocycles. The highest BCUT2D eigenvalue weighted by Gasteiger charge is 2.12. The van der Waals surface area contributed by atoms with Crippen LogP contribution in [0.4, 0.5) is 10.5 Å². The van der Waals surface area contributed by atoms with Crippen LogP contribution in [0.3, 0.4) is 0 Å². The summed E-state index contributed by atoms with van der Waals surface area (Å²) < 4.78 is 5.51. The van der Waals surface area contributed by atoms with Crippen LogP contribution >= 0.6 is 35.0 Å². The quantitative estimate of drug-likeness (QED) is 0.664. The third-order valence-electron chi connectivity index (χ3n) is 3.21. The number of amides is 2. The number of carbonyl (C=O) groups excluding carboxylic acids is 2. The summed E-state index contributed by atoms with van der Waals surface area (Å²) in [6.45, 7) is 0.190. The second-order valence-corrected chi connectivity index (χ2v) is 7.29. The molecule has 2 amide bonds. The summed E-state index contributed by atoms with van der Waals surface area (Å²) in [4.78, 5) is 26.2. The Balaban J connectivity index is 1.89. The maximum absolute atomic E-state index is 12.2. The topological polar surface area (TPSA) is 58.6 Å². The number of ether oxygens (including phenoxy) is 1. The molecule has 2 aromatic rings. The third kappa shape index (κ3) is 6.12. The first-order valence-corrected chi connectivity index (χ1v) is 9.30. The molecular weight excluding hydrogens is 395 g/mol. The summed E-state index contributed by atoms with van der Waals surface area (Å²) in [5, 5.41) is 3.52. The number of rotatable bonds is 6. The number of halogens is 2. The van der Waals surface area contributed by atoms with Gasteiger partial charge in [0.05, 0.1) is 28.8 Å². The Hall–Kier alpha value is -1.89. The lowest BCUT2D eigenvalue weighted by atomic mass is 10.3. The largest absolute Gasteiger partial charge is 0.493 e. The van der Waals surface area contributed by atoms with Crippen molar-refractivity contribution in [1.29, 1.82) is 0 Å². The van der Waals surface area contributed by atoms with Gasteiger partial charge in [-0.2, -0.15) is 0 Å². The Labute approximate surface area is 166 Å². The first kappa shape index (κ1) is 20.4. The number of nitrogens with zero attached hydrogens (tertiary/aromatic N) is 1. The predicted molar refractivity (Wildman–Crippen MR) is 107 cm³/mol. The van der Waals surface area contributed by atoms with Crippen LogP contribution in [0, 0.1) is 0 Å². The number of carbonyl (C=O) groups is 2. The van der Waals surface area contributed by atoms with E-state index < -0.39 is 0 Å². The minimum atomic E-state index is -0.213. The average Bonchev–Trinajstić information content (AvgIpc) is 2.59. The molecule has 0 heterocycles. The normalized spacial score (nSPS) is 10.3. The minimum absolute atomic E-state index is 0.116. The standard InChI is InChI=1S/C18H18Cl2N2O3S/c1-22(2)18(24)26-16-6-4-3-5-15(16)21-17(23)9-10-25-12-7-8-13(19)14(20)11-12/h3-8,11H,9-10H2,1-2H3,(H,21,23). The molecule has 0 unspecified atom stereocenters. The van der Waals surface area contributed by atoms with Crippen molar-refractivity contribution in [3.63, 3.8) is 0 Å². The van der Waals surface area contributed by atoms with Crippen LogP contribution in [0.5, 0.6) is 5.75 Å². The molecule has 0 saturated heterocycles. The summed E-state index contributed by atoms with van der Waals surface area (Å²) in [5.41, 5.74) is 0.590. The number of hydrogen-bond donors (Lipinski definition) is 1. The van der Waals surface area contributed by atoms with E-state index in [4.69, 9.17) is 27.9 Å². The summed E-state index contributed by atoms with van der Waals surface area (Å²) in [6, 6.07) is 12.1. The molecule has 2 rings (SSSR count). The minimum Gasteiger partial charge on any atom is -0.493 e. The van der Waals surface area contributed by atoms with Gasteiger partial charge in [0.2, 0.25) is 5.91 Å². The molecule has 26 heavy (non-hydrogen) atoms. The summed E-state index contributed by atoms with van der Waals surface area (Å²) in [7, 11) is 3.35. The highest BCUT2D eigenvalue weighted by Crippen LogP contribution is 2.29. The van der Waals surface area contributed by atoms with Gasteiger partial charge < -0.3 is 15.0 Å². The van der Waals surface area contributed by atoms with Crippen LogP contribution in [0.2, 0.25) is 10.0 Å². The highest BCUT2D eigenvalue weighted by atomic mass is 35.5. The van der Waals surface area contributed by atoms with Gasteiger partial charge in [-0.15, -0.1) is 0 Å². The van der Waals surface area contributed by atoms with Crippen LogP contribution in [0.15, 0.2) is 47.4 Å². The molecule has 0 fully saturated rings. The fourth-order valence-corrected chi connectivity index (χ4v) is 2.92. The van der Waals surface area contributed by atoms with Crippen LogP contribution in [0.25, 0.3) is 0 Å². The Kier molecular flexibility index (Phi) is 7.63. The first-order valence-electron chi connectivity index (χ1n) is 7.72. The molecule has 5 nitrogen and oxygen atoms in total. The van der Waals surface area contributed by atoms with Crippen molar-refractivity contribution < 1.29 is 14.3 Å². The van der Waals surface area contributed by atoms with Gasteiger partial charge in [-0.25, -0.2) is 0 Å². The zero-order chi connectivity index (χ0) is 19.1. The van der Waals surface area contributed by atoms with Gasteiger partial charge in [0, 0.05) is 25.1 Å². The molecule has 0 aromatic heterocycles. The number of benzene rings is 2. The molecule has 1 N–H and O–H groups in total. The van der Waals surface area contributed by atoms with Gasteiger partial charge in [0.1, 0.15) is 5.75 Å². The second kappa shape index (κ2) is 9.71. The number of nitrogens with one attached hydrogen (secondary N) is 1. The van der Waals surface area contributed by atoms with E-state index in [0.717, 1.165) is 11.8 Å². The Bertz CT molecular complexity index is 800. The fourth-order valence-electron chi connectivity index (χ4n) is 1.89. The lowest BCUT2D eigenvalue weighted by Gasteiger charge is -2.13. The highest BCUT2D eigenvalue weighted by molar-refractivity contribution is 8.13. The molecule has 0 spiro atoms. The number of thioether (sulfide) groups is 1. The van der Waals surface area contributed by atoms with Gasteiger partial charge in [0.25, 0.3) is 5.24 Å². The third-order valence-corrected chi connectivity index (χ3v) is 5.07. The van der Waals surface area contributed by atoms with E-state index in [2.05, 4.69) is 5.32 Å². The molecule has 138 valence electrons. The lowest BCUT2D eigenvalue weighted by molar-refractivity contribution is -0.116. The predicted octanol–water partition coefficient (Wildman–Crippen LogP) is 5.17. The number of anilines is 1. The average molecular weight is 413 g/mol. The number of para-hydroxylation sites is 1. The Morgan fingerprint density at radius 2 is 1.85 bits per heavy atom. The lowest BCUT2D eigenvalue weighted by Crippen LogP contribution is -2.18. The molecule has 0 radical (unpaired) electrons. The van der Waals surface area contributed by atoms with Crippen LogP contribution in [-0.4, -0.2) is 36.7 Å². The van der Waals surface area contributed by atoms with Crippen LogP contribution in [-0.2, 0) is 4.79 Å². The molecule has 0 saturated carbocycles. The second-order valence-electron chi connectivity index (χ2n) is 5.48. The van der Waals surface area contributed by atoms with Crippen LogP contribution in [0.1, 0.15) is 6.42 Å². The monoisotopic (exact) mass is 412 g/mol. The van der Waals surface area contributed by atoms with Gasteiger partial charge in [-0.3, -0.25) is 9.59 Å². The molecular formula is C18H18Cl2N2O3S. The summed E-state index contributed by atoms with van der Waals surface area (Å²) >= 11 is 12.8. The zero-order valence-electron chi connectivity index (χ0n) is 14.3. The molecule has 0 aliphatic rings. The van der Waals surface area contributed by atoms with E-state index in [1.165, 1.54) is 4.90 Å². The summed E-state index contributed by atoms with van der Waals surface area (Å²) in [6.07, 6.45) is 0.154. The number of hydrogen-bond acceptors (Lipinski definition) is 4. The van der Waals surface area contributed by atoms with Crippen molar-refractivity contribution in [3.05, 3.63) is 52.5 Å². The molecule has 0 atom stereocenters. The van der Waals surface area contributed by atoms with Gasteiger partial charge in [0.15, 0.2) is 0 Å². The Morgan fingerprint density at radius 1 is 1.12 bits per heavy atom. The first-order chi connectivity index (χ1) is 12.4. The van der Waals surface area contributed by atoms with Crippen molar-refractivity contribution in [3.8, 4) is 5.75 Å². The molecule has 0 bridgehead atoms. The zero-order valence-corrected chi connectivity index (χ0v) is 16.6. The van der Waals surface area contributed by atoms with Crippen molar-refractivity contribution in [2.24, 2.45) is 0 Å². The van der Waals surface area contributed by atoms with E-state index in [1.54, 1.807) is 50.5 Å². The van der Waals surface area contributed by atoms with Crippen LogP contribution < -0.4 is 10.1 Å². The van der Waals surface area contributed by atoms with Gasteiger partial charge in [-0.05, 0) is 36.0 Å². The van der Waals surface area contributed by atoms with Gasteiger partial charge >= 0.3 is 0 Å². The van der Waals surface area contributed by atoms with E-state index >= 15 is 0 Å². The SMILES string of the molecule is CN(C)C(=O)Sc1ccccc1NC(=O)CCOc1ccc(Cl)c(Cl)c1. The van der Waals surface area contributed by atoms with E-state index in [9.17, 15) is 9.59 Å². The fraction of sp³-hybridized carbons (Fsp3) is 0.222. The summed E-state index contributed by atoms with van der Waals surface area (Å²) in [5.74, 6) is 0.329. The molecule has 0 aliphatic carbocycles. The molecule has 8 heteroatoms. The maximum Gasteiger partial charge on any atom is 0.286 e. The smallest absolute Gasteiger partial charge is 0.286 e. The van der Waals surface area contributed by atoms with E-state index in [0.29, 0.717) is 26.4 Å². The van der Waals surface area contributed by atoms with Gasteiger partial charge in [-0.1, -0.05) is 35.3 Å². The van der Waals surface area contributed by atoms with E-state index in [-0.39, 0.29) is 24.2 Å². The van der Waals surface area contributed by atoms with Crippen molar-refractivity contribution in [1.82, 2.24) is 4.90 Å². The van der Waals surface area contributed by atoms with Crippen molar-refractivity contribution >= 4 is 51.8 Å².